The molecule has 0 saturated carbocycles. The van der Waals surface area contributed by atoms with Crippen molar-refractivity contribution in [3.63, 3.8) is 0 Å². The zero-order valence-electron chi connectivity index (χ0n) is 13.3. The zero-order chi connectivity index (χ0) is 17.6. The van der Waals surface area contributed by atoms with Crippen molar-refractivity contribution in [1.82, 2.24) is 9.88 Å². The third kappa shape index (κ3) is 4.34. The number of carbonyl (C=O) groups is 2. The number of rotatable bonds is 6. The number of carbonyl (C=O) groups excluding carboxylic acids is 2. The molecule has 0 aliphatic carbocycles. The maximum atomic E-state index is 12.6. The van der Waals surface area contributed by atoms with Crippen molar-refractivity contribution in [2.45, 2.75) is 11.7 Å². The summed E-state index contributed by atoms with van der Waals surface area (Å²) in [4.78, 5) is 34.9. The number of amidine groups is 1. The monoisotopic (exact) mass is 372 g/mol. The van der Waals surface area contributed by atoms with E-state index in [2.05, 4.69) is 21.9 Å². The number of nitrogens with one attached hydrogen (secondary N) is 1. The Kier molecular flexibility index (Phi) is 5.62. The molecule has 8 heteroatoms. The lowest BCUT2D eigenvalue weighted by molar-refractivity contribution is -0.127. The number of hydrogen-bond acceptors (Lipinski definition) is 6. The molecule has 0 spiro atoms. The fourth-order valence-corrected chi connectivity index (χ4v) is 3.99. The highest BCUT2D eigenvalue weighted by atomic mass is 32.2. The second-order valence-electron chi connectivity index (χ2n) is 5.17. The second-order valence-corrected chi connectivity index (χ2v) is 7.21. The average Bonchev–Trinajstić information content (AvgIpc) is 3.20. The van der Waals surface area contributed by atoms with E-state index in [1.54, 1.807) is 29.3 Å². The van der Waals surface area contributed by atoms with E-state index >= 15 is 0 Å². The van der Waals surface area contributed by atoms with E-state index in [1.807, 2.05) is 23.6 Å². The molecule has 0 unspecified atom stereocenters. The minimum atomic E-state index is -0.498. The minimum absolute atomic E-state index is 0.0862. The normalized spacial score (nSPS) is 18.6. The Morgan fingerprint density at radius 1 is 1.40 bits per heavy atom. The van der Waals surface area contributed by atoms with Gasteiger partial charge >= 0.3 is 0 Å². The summed E-state index contributed by atoms with van der Waals surface area (Å²) in [7, 11) is 0. The van der Waals surface area contributed by atoms with Crippen LogP contribution in [0.1, 0.15) is 6.42 Å². The summed E-state index contributed by atoms with van der Waals surface area (Å²) in [5.74, 6) is -0.338. The summed E-state index contributed by atoms with van der Waals surface area (Å²) in [5.41, 5.74) is 0.711. The lowest BCUT2D eigenvalue weighted by Gasteiger charge is -2.13. The van der Waals surface area contributed by atoms with Gasteiger partial charge in [-0.05, 0) is 12.1 Å². The fraction of sp³-hybridized carbons (Fsp3) is 0.176. The molecular formula is C17H16N4O2S2. The molecule has 0 bridgehead atoms. The molecule has 128 valence electrons. The molecule has 25 heavy (non-hydrogen) atoms. The Balaban J connectivity index is 1.70. The van der Waals surface area contributed by atoms with Crippen LogP contribution in [-0.4, -0.2) is 38.7 Å². The van der Waals surface area contributed by atoms with Gasteiger partial charge in [-0.25, -0.2) is 4.98 Å². The summed E-state index contributed by atoms with van der Waals surface area (Å²) in [6.45, 7) is 4.04. The Hall–Kier alpha value is -2.45. The highest BCUT2D eigenvalue weighted by Crippen LogP contribution is 2.32. The standard InChI is InChI=1S/C17H16N4O2S2/c1-2-9-21-15(23)13(25-17(21)20-16-18-8-10-24-16)11-14(22)19-12-6-4-3-5-7-12/h2-8,10,13H,1,9,11H2,(H,19,22)/t13-/m0/s1. The molecule has 1 saturated heterocycles. The minimum Gasteiger partial charge on any atom is -0.326 e. The molecule has 1 aliphatic heterocycles. The molecule has 2 amide bonds. The van der Waals surface area contributed by atoms with Gasteiger partial charge in [-0.1, -0.05) is 36.0 Å². The van der Waals surface area contributed by atoms with Crippen LogP contribution < -0.4 is 5.32 Å². The molecule has 1 atom stereocenters. The highest BCUT2D eigenvalue weighted by molar-refractivity contribution is 8.15. The Morgan fingerprint density at radius 2 is 2.20 bits per heavy atom. The summed E-state index contributed by atoms with van der Waals surface area (Å²) in [6, 6.07) is 9.17. The van der Waals surface area contributed by atoms with Gasteiger partial charge in [0, 0.05) is 30.2 Å². The topological polar surface area (TPSA) is 74.7 Å². The Bertz CT molecular complexity index is 790. The smallest absolute Gasteiger partial charge is 0.242 e. The van der Waals surface area contributed by atoms with Crippen molar-refractivity contribution in [2.24, 2.45) is 4.99 Å². The number of nitrogens with zero attached hydrogens (tertiary/aromatic N) is 3. The molecule has 1 fully saturated rings. The first-order valence-electron chi connectivity index (χ1n) is 7.59. The molecule has 2 heterocycles. The van der Waals surface area contributed by atoms with Crippen LogP contribution in [0.4, 0.5) is 10.8 Å². The maximum absolute atomic E-state index is 12.6. The van der Waals surface area contributed by atoms with E-state index in [0.29, 0.717) is 22.5 Å². The van der Waals surface area contributed by atoms with Gasteiger partial charge in [-0.3, -0.25) is 14.5 Å². The van der Waals surface area contributed by atoms with Crippen LogP contribution >= 0.6 is 23.1 Å². The van der Waals surface area contributed by atoms with Crippen LogP contribution in [0.3, 0.4) is 0 Å². The number of anilines is 1. The van der Waals surface area contributed by atoms with Gasteiger partial charge in [0.2, 0.25) is 16.9 Å². The molecule has 1 N–H and O–H groups in total. The van der Waals surface area contributed by atoms with E-state index in [0.717, 1.165) is 0 Å². The van der Waals surface area contributed by atoms with Crippen LogP contribution in [0.15, 0.2) is 59.6 Å². The van der Waals surface area contributed by atoms with Crippen LogP contribution in [-0.2, 0) is 9.59 Å². The largest absolute Gasteiger partial charge is 0.326 e. The summed E-state index contributed by atoms with van der Waals surface area (Å²) in [6.07, 6.45) is 3.39. The first kappa shape index (κ1) is 17.4. The van der Waals surface area contributed by atoms with Gasteiger partial charge in [0.25, 0.3) is 0 Å². The number of aliphatic imine (C=N–C) groups is 1. The summed E-state index contributed by atoms with van der Waals surface area (Å²) < 4.78 is 0. The van der Waals surface area contributed by atoms with E-state index in [1.165, 1.54) is 23.1 Å². The first-order chi connectivity index (χ1) is 12.2. The number of benzene rings is 1. The average molecular weight is 372 g/mol. The van der Waals surface area contributed by atoms with Crippen LogP contribution in [0.5, 0.6) is 0 Å². The molecule has 0 radical (unpaired) electrons. The van der Waals surface area contributed by atoms with Gasteiger partial charge in [0.05, 0.1) is 0 Å². The van der Waals surface area contributed by atoms with Crippen molar-refractivity contribution in [2.75, 3.05) is 11.9 Å². The number of hydrogen-bond donors (Lipinski definition) is 1. The van der Waals surface area contributed by atoms with E-state index in [9.17, 15) is 9.59 Å². The third-order valence-corrected chi connectivity index (χ3v) is 5.21. The molecule has 3 rings (SSSR count). The van der Waals surface area contributed by atoms with Crippen molar-refractivity contribution < 1.29 is 9.59 Å². The van der Waals surface area contributed by atoms with Gasteiger partial charge < -0.3 is 5.32 Å². The lowest BCUT2D eigenvalue weighted by Crippen LogP contribution is -2.33. The first-order valence-corrected chi connectivity index (χ1v) is 9.35. The Morgan fingerprint density at radius 3 is 2.88 bits per heavy atom. The highest BCUT2D eigenvalue weighted by Gasteiger charge is 2.38. The molecule has 1 aromatic carbocycles. The molecule has 1 aromatic heterocycles. The predicted molar refractivity (Wildman–Crippen MR) is 102 cm³/mol. The van der Waals surface area contributed by atoms with Crippen molar-refractivity contribution in [1.29, 1.82) is 0 Å². The maximum Gasteiger partial charge on any atom is 0.242 e. The number of para-hydroxylation sites is 1. The number of thiazole rings is 1. The van der Waals surface area contributed by atoms with E-state index in [-0.39, 0.29) is 18.2 Å². The summed E-state index contributed by atoms with van der Waals surface area (Å²) >= 11 is 2.68. The Labute approximate surface area is 153 Å². The molecule has 6 nitrogen and oxygen atoms in total. The molecule has 1 aliphatic rings. The van der Waals surface area contributed by atoms with E-state index in [4.69, 9.17) is 0 Å². The van der Waals surface area contributed by atoms with Crippen LogP contribution in [0, 0.1) is 0 Å². The van der Waals surface area contributed by atoms with Gasteiger partial charge in [-0.2, -0.15) is 4.99 Å². The van der Waals surface area contributed by atoms with Crippen LogP contribution in [0.2, 0.25) is 0 Å². The molecular weight excluding hydrogens is 356 g/mol. The molecule has 2 aromatic rings. The van der Waals surface area contributed by atoms with Crippen molar-refractivity contribution in [3.05, 3.63) is 54.6 Å². The van der Waals surface area contributed by atoms with Gasteiger partial charge in [0.1, 0.15) is 5.25 Å². The summed E-state index contributed by atoms with van der Waals surface area (Å²) in [5, 5.41) is 5.26. The van der Waals surface area contributed by atoms with Crippen molar-refractivity contribution >= 4 is 50.9 Å². The van der Waals surface area contributed by atoms with Gasteiger partial charge in [-0.15, -0.1) is 17.9 Å². The van der Waals surface area contributed by atoms with E-state index < -0.39 is 5.25 Å². The number of amides is 2. The fourth-order valence-electron chi connectivity index (χ4n) is 2.28. The quantitative estimate of drug-likeness (QED) is 0.790. The van der Waals surface area contributed by atoms with Crippen molar-refractivity contribution in [3.8, 4) is 0 Å². The third-order valence-electron chi connectivity index (χ3n) is 3.37. The number of aromatic nitrogens is 1. The van der Waals surface area contributed by atoms with Crippen LogP contribution in [0.25, 0.3) is 0 Å². The van der Waals surface area contributed by atoms with Gasteiger partial charge in [0.15, 0.2) is 5.17 Å². The SMILES string of the molecule is C=CCN1C(=O)[C@H](CC(=O)Nc2ccccc2)SC1=Nc1nccs1. The second kappa shape index (κ2) is 8.09. The lowest BCUT2D eigenvalue weighted by atomic mass is 10.2. The zero-order valence-corrected chi connectivity index (χ0v) is 14.9. The number of thioether (sulfide) groups is 1. The predicted octanol–water partition coefficient (Wildman–Crippen LogP) is 3.29.